The van der Waals surface area contributed by atoms with Gasteiger partial charge in [0.15, 0.2) is 0 Å². The predicted molar refractivity (Wildman–Crippen MR) is 84.8 cm³/mol. The van der Waals surface area contributed by atoms with Crippen LogP contribution in [0, 0.1) is 0 Å². The van der Waals surface area contributed by atoms with Crippen molar-refractivity contribution in [2.24, 2.45) is 5.73 Å². The zero-order chi connectivity index (χ0) is 14.4. The lowest BCUT2D eigenvalue weighted by atomic mass is 10.1. The van der Waals surface area contributed by atoms with Gasteiger partial charge in [-0.2, -0.15) is 0 Å². The number of rotatable bonds is 5. The first-order valence-corrected chi connectivity index (χ1v) is 7.47. The number of para-hydroxylation sites is 1. The van der Waals surface area contributed by atoms with Crippen molar-refractivity contribution in [2.75, 3.05) is 11.1 Å². The number of carbonyl (C=O) groups is 1. The van der Waals surface area contributed by atoms with E-state index >= 15 is 0 Å². The zero-order valence-electron chi connectivity index (χ0n) is 11.4. The van der Waals surface area contributed by atoms with Crippen LogP contribution in [0.25, 0.3) is 0 Å². The fourth-order valence-electron chi connectivity index (χ4n) is 1.74. The standard InChI is InChI=1S/C16H18N2OS/c1-12(17)13-7-9-15(10-8-13)20-11-16(19)18-14-5-3-2-4-6-14/h2-10,12H,11,17H2,1H3,(H,18,19). The molecule has 0 bridgehead atoms. The van der Waals surface area contributed by atoms with E-state index in [2.05, 4.69) is 5.32 Å². The number of benzene rings is 2. The van der Waals surface area contributed by atoms with Crippen molar-refractivity contribution >= 4 is 23.4 Å². The van der Waals surface area contributed by atoms with E-state index in [0.29, 0.717) is 5.75 Å². The Morgan fingerprint density at radius 1 is 1.15 bits per heavy atom. The van der Waals surface area contributed by atoms with Crippen LogP contribution in [-0.2, 0) is 4.79 Å². The fraction of sp³-hybridized carbons (Fsp3) is 0.188. The zero-order valence-corrected chi connectivity index (χ0v) is 12.2. The van der Waals surface area contributed by atoms with Crippen LogP contribution in [0.2, 0.25) is 0 Å². The molecule has 2 aromatic carbocycles. The number of anilines is 1. The Hall–Kier alpha value is -1.78. The second kappa shape index (κ2) is 7.12. The van der Waals surface area contributed by atoms with Crippen LogP contribution in [0.5, 0.6) is 0 Å². The number of hydrogen-bond donors (Lipinski definition) is 2. The van der Waals surface area contributed by atoms with Crippen LogP contribution >= 0.6 is 11.8 Å². The maximum absolute atomic E-state index is 11.8. The number of nitrogens with one attached hydrogen (secondary N) is 1. The largest absolute Gasteiger partial charge is 0.325 e. The van der Waals surface area contributed by atoms with E-state index in [9.17, 15) is 4.79 Å². The number of amides is 1. The van der Waals surface area contributed by atoms with Crippen molar-refractivity contribution in [1.29, 1.82) is 0 Å². The first-order valence-electron chi connectivity index (χ1n) is 6.48. The van der Waals surface area contributed by atoms with Gasteiger partial charge < -0.3 is 11.1 Å². The number of carbonyl (C=O) groups excluding carboxylic acids is 1. The summed E-state index contributed by atoms with van der Waals surface area (Å²) in [6, 6.07) is 17.5. The number of nitrogens with two attached hydrogens (primary N) is 1. The molecular formula is C16H18N2OS. The van der Waals surface area contributed by atoms with Crippen molar-refractivity contribution in [2.45, 2.75) is 17.9 Å². The molecule has 3 N–H and O–H groups in total. The molecule has 1 atom stereocenters. The summed E-state index contributed by atoms with van der Waals surface area (Å²) in [7, 11) is 0. The normalized spacial score (nSPS) is 11.9. The van der Waals surface area contributed by atoms with Gasteiger partial charge in [-0.15, -0.1) is 11.8 Å². The van der Waals surface area contributed by atoms with E-state index in [1.807, 2.05) is 61.5 Å². The molecule has 0 heterocycles. The molecule has 4 heteroatoms. The molecule has 0 spiro atoms. The first kappa shape index (κ1) is 14.6. The molecule has 2 rings (SSSR count). The van der Waals surface area contributed by atoms with E-state index in [0.717, 1.165) is 16.1 Å². The van der Waals surface area contributed by atoms with E-state index in [4.69, 9.17) is 5.73 Å². The van der Waals surface area contributed by atoms with E-state index in [-0.39, 0.29) is 11.9 Å². The fourth-order valence-corrected chi connectivity index (χ4v) is 2.43. The minimum absolute atomic E-state index is 0.00234. The molecule has 0 aliphatic carbocycles. The lowest BCUT2D eigenvalue weighted by Crippen LogP contribution is -2.13. The highest BCUT2D eigenvalue weighted by atomic mass is 32.2. The van der Waals surface area contributed by atoms with Crippen LogP contribution in [-0.4, -0.2) is 11.7 Å². The molecule has 0 aromatic heterocycles. The van der Waals surface area contributed by atoms with Crippen LogP contribution in [0.1, 0.15) is 18.5 Å². The lowest BCUT2D eigenvalue weighted by Gasteiger charge is -2.07. The Kier molecular flexibility index (Phi) is 5.21. The number of thioether (sulfide) groups is 1. The van der Waals surface area contributed by atoms with Gasteiger partial charge in [0.05, 0.1) is 5.75 Å². The molecule has 20 heavy (non-hydrogen) atoms. The summed E-state index contributed by atoms with van der Waals surface area (Å²) in [4.78, 5) is 12.9. The van der Waals surface area contributed by atoms with E-state index in [1.54, 1.807) is 0 Å². The minimum Gasteiger partial charge on any atom is -0.325 e. The van der Waals surface area contributed by atoms with Gasteiger partial charge in [-0.05, 0) is 36.8 Å². The second-order valence-corrected chi connectivity index (χ2v) is 5.61. The molecule has 1 unspecified atom stereocenters. The van der Waals surface area contributed by atoms with Crippen molar-refractivity contribution in [1.82, 2.24) is 0 Å². The highest BCUT2D eigenvalue weighted by molar-refractivity contribution is 8.00. The topological polar surface area (TPSA) is 55.1 Å². The quantitative estimate of drug-likeness (QED) is 0.828. The van der Waals surface area contributed by atoms with Crippen LogP contribution in [0.4, 0.5) is 5.69 Å². The summed E-state index contributed by atoms with van der Waals surface area (Å²) >= 11 is 1.52. The molecular weight excluding hydrogens is 268 g/mol. The molecule has 0 fully saturated rings. The summed E-state index contributed by atoms with van der Waals surface area (Å²) in [6.45, 7) is 1.95. The van der Waals surface area contributed by atoms with Gasteiger partial charge in [0.2, 0.25) is 5.91 Å². The third-order valence-electron chi connectivity index (χ3n) is 2.83. The first-order chi connectivity index (χ1) is 9.65. The lowest BCUT2D eigenvalue weighted by molar-refractivity contribution is -0.113. The smallest absolute Gasteiger partial charge is 0.234 e. The Morgan fingerprint density at radius 2 is 1.80 bits per heavy atom. The molecule has 0 saturated heterocycles. The number of hydrogen-bond acceptors (Lipinski definition) is 3. The molecule has 0 radical (unpaired) electrons. The van der Waals surface area contributed by atoms with E-state index < -0.39 is 0 Å². The average molecular weight is 286 g/mol. The highest BCUT2D eigenvalue weighted by Crippen LogP contribution is 2.20. The van der Waals surface area contributed by atoms with Crippen molar-refractivity contribution in [3.8, 4) is 0 Å². The average Bonchev–Trinajstić information content (AvgIpc) is 2.46. The SMILES string of the molecule is CC(N)c1ccc(SCC(=O)Nc2ccccc2)cc1. The molecule has 0 aliphatic heterocycles. The van der Waals surface area contributed by atoms with Crippen LogP contribution in [0.3, 0.4) is 0 Å². The van der Waals surface area contributed by atoms with Crippen molar-refractivity contribution < 1.29 is 4.79 Å². The van der Waals surface area contributed by atoms with E-state index in [1.165, 1.54) is 11.8 Å². The molecule has 0 saturated carbocycles. The van der Waals surface area contributed by atoms with Gasteiger partial charge in [-0.3, -0.25) is 4.79 Å². The third kappa shape index (κ3) is 4.40. The third-order valence-corrected chi connectivity index (χ3v) is 3.85. The predicted octanol–water partition coefficient (Wildman–Crippen LogP) is 3.44. The maximum atomic E-state index is 11.8. The molecule has 3 nitrogen and oxygen atoms in total. The van der Waals surface area contributed by atoms with Crippen LogP contribution in [0.15, 0.2) is 59.5 Å². The summed E-state index contributed by atoms with van der Waals surface area (Å²) < 4.78 is 0. The Labute approximate surface area is 123 Å². The Balaban J connectivity index is 1.84. The summed E-state index contributed by atoms with van der Waals surface area (Å²) in [6.07, 6.45) is 0. The maximum Gasteiger partial charge on any atom is 0.234 e. The summed E-state index contributed by atoms with van der Waals surface area (Å²) in [5.41, 5.74) is 7.73. The van der Waals surface area contributed by atoms with Gasteiger partial charge in [-0.1, -0.05) is 30.3 Å². The van der Waals surface area contributed by atoms with Gasteiger partial charge in [0.1, 0.15) is 0 Å². The van der Waals surface area contributed by atoms with Crippen molar-refractivity contribution in [3.05, 3.63) is 60.2 Å². The molecule has 2 aromatic rings. The summed E-state index contributed by atoms with van der Waals surface area (Å²) in [5.74, 6) is 0.393. The Morgan fingerprint density at radius 3 is 2.40 bits per heavy atom. The highest BCUT2D eigenvalue weighted by Gasteiger charge is 2.04. The van der Waals surface area contributed by atoms with Gasteiger partial charge >= 0.3 is 0 Å². The van der Waals surface area contributed by atoms with Crippen molar-refractivity contribution in [3.63, 3.8) is 0 Å². The molecule has 104 valence electrons. The van der Waals surface area contributed by atoms with Crippen LogP contribution < -0.4 is 11.1 Å². The Bertz CT molecular complexity index is 552. The second-order valence-electron chi connectivity index (χ2n) is 4.56. The van der Waals surface area contributed by atoms with Gasteiger partial charge in [0.25, 0.3) is 0 Å². The minimum atomic E-state index is -0.00234. The monoisotopic (exact) mass is 286 g/mol. The molecule has 1 amide bonds. The van der Waals surface area contributed by atoms with Gasteiger partial charge in [0, 0.05) is 16.6 Å². The van der Waals surface area contributed by atoms with Gasteiger partial charge in [-0.25, -0.2) is 0 Å². The summed E-state index contributed by atoms with van der Waals surface area (Å²) in [5, 5.41) is 2.86. The molecule has 0 aliphatic rings.